The number of anilines is 3. The highest BCUT2D eigenvalue weighted by atomic mass is 16.5. The highest BCUT2D eigenvalue weighted by Crippen LogP contribution is 2.47. The minimum atomic E-state index is -1.90. The number of likely N-dealkylation sites (tertiary alicyclic amines) is 1. The molecule has 3 fully saturated rings. The summed E-state index contributed by atoms with van der Waals surface area (Å²) < 4.78 is 5.49. The first kappa shape index (κ1) is 34.7. The Morgan fingerprint density at radius 3 is 2.53 bits per heavy atom. The average Bonchev–Trinajstić information content (AvgIpc) is 3.82. The normalized spacial score (nSPS) is 23.5. The number of rotatable bonds is 10. The van der Waals surface area contributed by atoms with Gasteiger partial charge in [0.05, 0.1) is 38.7 Å². The number of aliphatic hydroxyl groups is 2. The molecule has 0 saturated carbocycles. The van der Waals surface area contributed by atoms with Crippen molar-refractivity contribution in [2.24, 2.45) is 5.92 Å². The van der Waals surface area contributed by atoms with E-state index in [0.717, 1.165) is 42.9 Å². The second-order valence-electron chi connectivity index (χ2n) is 14.1. The molecular formula is C40H47N5O6. The number of nitrogens with one attached hydrogen (secondary N) is 1. The number of nitrogens with zero attached hydrogens (tertiary/aromatic N) is 4. The largest absolute Gasteiger partial charge is 0.497 e. The molecule has 0 aromatic heterocycles. The third kappa shape index (κ3) is 6.07. The van der Waals surface area contributed by atoms with Gasteiger partial charge in [0.1, 0.15) is 11.3 Å². The second-order valence-corrected chi connectivity index (χ2v) is 14.1. The van der Waals surface area contributed by atoms with Gasteiger partial charge in [0.2, 0.25) is 5.91 Å². The summed E-state index contributed by atoms with van der Waals surface area (Å²) >= 11 is 0. The van der Waals surface area contributed by atoms with E-state index >= 15 is 0 Å². The Balaban J connectivity index is 1.14. The maximum atomic E-state index is 14.3. The van der Waals surface area contributed by atoms with Crippen LogP contribution in [0.2, 0.25) is 0 Å². The molecule has 11 nitrogen and oxygen atoms in total. The molecule has 3 saturated heterocycles. The molecule has 4 aliphatic heterocycles. The Bertz CT molecular complexity index is 1810. The summed E-state index contributed by atoms with van der Waals surface area (Å²) in [5.74, 6) is -0.635. The smallest absolute Gasteiger partial charge is 0.264 e. The van der Waals surface area contributed by atoms with Gasteiger partial charge in [-0.3, -0.25) is 19.3 Å². The Hall–Kier alpha value is -4.71. The highest BCUT2D eigenvalue weighted by Gasteiger charge is 2.54. The maximum absolute atomic E-state index is 14.3. The van der Waals surface area contributed by atoms with Crippen molar-refractivity contribution in [2.45, 2.75) is 62.8 Å². The lowest BCUT2D eigenvalue weighted by molar-refractivity contribution is -0.139. The molecule has 7 rings (SSSR count). The van der Waals surface area contributed by atoms with E-state index in [-0.39, 0.29) is 37.4 Å². The number of carbonyl (C=O) groups excluding carboxylic acids is 3. The summed E-state index contributed by atoms with van der Waals surface area (Å²) in [6.45, 7) is 4.46. The summed E-state index contributed by atoms with van der Waals surface area (Å²) in [5.41, 5.74) is 1.07. The number of carbonyl (C=O) groups is 3. The number of para-hydroxylation sites is 1. The van der Waals surface area contributed by atoms with E-state index in [4.69, 9.17) is 4.74 Å². The zero-order chi connectivity index (χ0) is 35.8. The van der Waals surface area contributed by atoms with Crippen molar-refractivity contribution >= 4 is 34.8 Å². The predicted molar refractivity (Wildman–Crippen MR) is 195 cm³/mol. The van der Waals surface area contributed by atoms with Crippen molar-refractivity contribution in [3.8, 4) is 5.75 Å². The van der Waals surface area contributed by atoms with Gasteiger partial charge in [-0.15, -0.1) is 0 Å². The summed E-state index contributed by atoms with van der Waals surface area (Å²) in [4.78, 5) is 48.9. The second kappa shape index (κ2) is 14.1. The predicted octanol–water partition coefficient (Wildman–Crippen LogP) is 3.93. The van der Waals surface area contributed by atoms with Crippen LogP contribution in [0.5, 0.6) is 5.75 Å². The van der Waals surface area contributed by atoms with E-state index in [9.17, 15) is 24.6 Å². The Labute approximate surface area is 299 Å². The van der Waals surface area contributed by atoms with Gasteiger partial charge in [0.15, 0.2) is 5.60 Å². The van der Waals surface area contributed by atoms with Gasteiger partial charge in [-0.05, 0) is 86.8 Å². The fourth-order valence-corrected chi connectivity index (χ4v) is 8.37. The zero-order valence-electron chi connectivity index (χ0n) is 29.3. The number of methoxy groups -OCH3 is 1. The third-order valence-corrected chi connectivity index (χ3v) is 11.3. The molecule has 4 aliphatic rings. The molecule has 4 heterocycles. The molecule has 0 aliphatic carbocycles. The van der Waals surface area contributed by atoms with E-state index in [1.807, 2.05) is 47.4 Å². The first-order valence-corrected chi connectivity index (χ1v) is 18.0. The molecule has 3 N–H and O–H groups in total. The molecule has 11 heteroatoms. The van der Waals surface area contributed by atoms with E-state index in [0.29, 0.717) is 43.1 Å². The summed E-state index contributed by atoms with van der Waals surface area (Å²) in [5, 5.41) is 25.3. The van der Waals surface area contributed by atoms with Crippen LogP contribution in [0.15, 0.2) is 84.9 Å². The molecule has 3 amide bonds. The SMILES string of the molecule is COc1ccc2c(c1)[C@](O)([C@@H](C)/C=C/CC(=O)N1CCC[C@H]1CO)C(=O)N2Cc1cccc(N2CN(c3ccccc3)C3(CCNCC3)C2=O)c1. The van der Waals surface area contributed by atoms with Gasteiger partial charge in [-0.2, -0.15) is 0 Å². The van der Waals surface area contributed by atoms with Crippen LogP contribution < -0.4 is 24.8 Å². The van der Waals surface area contributed by atoms with Crippen LogP contribution in [0.3, 0.4) is 0 Å². The van der Waals surface area contributed by atoms with Crippen LogP contribution in [0.25, 0.3) is 0 Å². The number of hydrogen-bond acceptors (Lipinski definition) is 8. The molecule has 0 bridgehead atoms. The van der Waals surface area contributed by atoms with Gasteiger partial charge in [0.25, 0.3) is 11.8 Å². The minimum Gasteiger partial charge on any atom is -0.497 e. The van der Waals surface area contributed by atoms with Gasteiger partial charge in [0, 0.05) is 35.8 Å². The van der Waals surface area contributed by atoms with Gasteiger partial charge in [-0.25, -0.2) is 0 Å². The number of amides is 3. The lowest BCUT2D eigenvalue weighted by Gasteiger charge is -2.39. The quantitative estimate of drug-likeness (QED) is 0.273. The lowest BCUT2D eigenvalue weighted by Crippen LogP contribution is -2.55. The van der Waals surface area contributed by atoms with Crippen molar-refractivity contribution in [1.82, 2.24) is 10.2 Å². The van der Waals surface area contributed by atoms with E-state index in [2.05, 4.69) is 22.3 Å². The summed E-state index contributed by atoms with van der Waals surface area (Å²) in [6.07, 6.45) is 6.61. The number of piperidine rings is 1. The summed E-state index contributed by atoms with van der Waals surface area (Å²) in [6, 6.07) is 22.9. The molecule has 3 aromatic rings. The van der Waals surface area contributed by atoms with Crippen LogP contribution in [-0.4, -0.2) is 84.4 Å². The van der Waals surface area contributed by atoms with Gasteiger partial charge >= 0.3 is 0 Å². The Morgan fingerprint density at radius 1 is 1.02 bits per heavy atom. The fourth-order valence-electron chi connectivity index (χ4n) is 8.37. The molecule has 3 aromatic carbocycles. The van der Waals surface area contributed by atoms with E-state index in [1.54, 1.807) is 54.2 Å². The van der Waals surface area contributed by atoms with Crippen LogP contribution in [0.4, 0.5) is 17.1 Å². The standard InChI is InChI=1S/C40H47N5O6/c1-28(9-6-15-36(47)42-22-8-14-32(42)26-46)40(50)34-24-33(51-2)16-17-35(34)43(38(40)49)25-29-10-7-13-31(23-29)44-27-45(30-11-4-3-5-12-30)39(37(44)48)18-20-41-21-19-39/h3-7,9-13,16-17,23-24,28,32,41,46,50H,8,14-15,18-22,25-27H2,1-2H3/b9-6+/t28-,32-,40+/m0/s1. The fraction of sp³-hybridized carbons (Fsp3) is 0.425. The number of benzene rings is 3. The molecule has 0 unspecified atom stereocenters. The first-order chi connectivity index (χ1) is 24.7. The van der Waals surface area contributed by atoms with E-state index < -0.39 is 23.0 Å². The molecular weight excluding hydrogens is 646 g/mol. The molecule has 51 heavy (non-hydrogen) atoms. The third-order valence-electron chi connectivity index (χ3n) is 11.3. The zero-order valence-corrected chi connectivity index (χ0v) is 29.3. The summed E-state index contributed by atoms with van der Waals surface area (Å²) in [7, 11) is 1.54. The number of hydrogen-bond donors (Lipinski definition) is 3. The van der Waals surface area contributed by atoms with Crippen LogP contribution >= 0.6 is 0 Å². The number of fused-ring (bicyclic) bond motifs is 1. The average molecular weight is 694 g/mol. The first-order valence-electron chi connectivity index (χ1n) is 18.0. The monoisotopic (exact) mass is 693 g/mol. The topological polar surface area (TPSA) is 126 Å². The maximum Gasteiger partial charge on any atom is 0.264 e. The highest BCUT2D eigenvalue weighted by molar-refractivity contribution is 6.08. The van der Waals surface area contributed by atoms with Crippen molar-refractivity contribution in [3.63, 3.8) is 0 Å². The molecule has 0 radical (unpaired) electrons. The minimum absolute atomic E-state index is 0.0591. The molecule has 1 spiro atoms. The Morgan fingerprint density at radius 2 is 1.78 bits per heavy atom. The van der Waals surface area contributed by atoms with E-state index in [1.165, 1.54) is 0 Å². The van der Waals surface area contributed by atoms with Crippen molar-refractivity contribution in [3.05, 3.63) is 96.1 Å². The number of ether oxygens (including phenoxy) is 1. The van der Waals surface area contributed by atoms with Crippen LogP contribution in [0, 0.1) is 5.92 Å². The van der Waals surface area contributed by atoms with Gasteiger partial charge in [-0.1, -0.05) is 49.4 Å². The van der Waals surface area contributed by atoms with Crippen LogP contribution in [-0.2, 0) is 26.5 Å². The van der Waals surface area contributed by atoms with Crippen molar-refractivity contribution < 1.29 is 29.3 Å². The Kier molecular flexibility index (Phi) is 9.62. The molecule has 268 valence electrons. The van der Waals surface area contributed by atoms with Crippen molar-refractivity contribution in [1.29, 1.82) is 0 Å². The number of aliphatic hydroxyl groups excluding tert-OH is 1. The molecule has 3 atom stereocenters. The van der Waals surface area contributed by atoms with Crippen LogP contribution in [0.1, 0.15) is 50.2 Å². The lowest BCUT2D eigenvalue weighted by atomic mass is 9.83. The van der Waals surface area contributed by atoms with Crippen molar-refractivity contribution in [2.75, 3.05) is 54.7 Å². The van der Waals surface area contributed by atoms with Gasteiger partial charge < -0.3 is 35.0 Å².